The van der Waals surface area contributed by atoms with E-state index in [1.807, 2.05) is 0 Å². The lowest BCUT2D eigenvalue weighted by Crippen LogP contribution is -2.47. The minimum Gasteiger partial charge on any atom is -0.379 e. The Labute approximate surface area is 92.4 Å². The molecule has 1 aliphatic heterocycles. The first-order valence-corrected chi connectivity index (χ1v) is 5.76. The molecule has 4 heteroatoms. The van der Waals surface area contributed by atoms with Crippen LogP contribution in [0.15, 0.2) is 0 Å². The zero-order valence-electron chi connectivity index (χ0n) is 9.61. The van der Waals surface area contributed by atoms with E-state index in [1.54, 1.807) is 0 Å². The van der Waals surface area contributed by atoms with Crippen molar-refractivity contribution in [2.24, 2.45) is 0 Å². The van der Waals surface area contributed by atoms with Crippen LogP contribution >= 0.6 is 0 Å². The Morgan fingerprint density at radius 1 is 1.13 bits per heavy atom. The Hall–Kier alpha value is -0.630. The third-order valence-corrected chi connectivity index (χ3v) is 2.82. The van der Waals surface area contributed by atoms with Crippen LogP contribution in [-0.2, 0) is 4.74 Å². The van der Waals surface area contributed by atoms with Gasteiger partial charge >= 0.3 is 0 Å². The quantitative estimate of drug-likeness (QED) is 0.602. The van der Waals surface area contributed by atoms with E-state index in [1.165, 1.54) is 13.1 Å². The molecule has 1 fully saturated rings. The summed E-state index contributed by atoms with van der Waals surface area (Å²) >= 11 is 0. The zero-order valence-corrected chi connectivity index (χ0v) is 9.61. The van der Waals surface area contributed by atoms with Crippen LogP contribution < -0.4 is 0 Å². The first kappa shape index (κ1) is 12.4. The van der Waals surface area contributed by atoms with Crippen molar-refractivity contribution >= 4 is 0 Å². The molecule has 1 saturated heterocycles. The summed E-state index contributed by atoms with van der Waals surface area (Å²) in [5.41, 5.74) is 0. The van der Waals surface area contributed by atoms with Crippen LogP contribution in [0.5, 0.6) is 0 Å². The van der Waals surface area contributed by atoms with Gasteiger partial charge in [-0.15, -0.1) is 0 Å². The molecule has 0 amide bonds. The highest BCUT2D eigenvalue weighted by Crippen LogP contribution is 2.00. The van der Waals surface area contributed by atoms with Gasteiger partial charge in [0.25, 0.3) is 0 Å². The summed E-state index contributed by atoms with van der Waals surface area (Å²) in [6.45, 7) is 10.4. The number of nitriles is 1. The standard InChI is InChI=1S/C11H21N3O/c1-2-13-5-7-14(8-6-13)9-11-15-10-3-4-12/h2-3,5-11H2,1H3. The minimum absolute atomic E-state index is 0.504. The maximum atomic E-state index is 8.32. The van der Waals surface area contributed by atoms with Gasteiger partial charge in [-0.3, -0.25) is 4.90 Å². The van der Waals surface area contributed by atoms with Crippen LogP contribution in [0.4, 0.5) is 0 Å². The number of rotatable bonds is 6. The summed E-state index contributed by atoms with van der Waals surface area (Å²) in [6.07, 6.45) is 0.504. The molecule has 0 spiro atoms. The van der Waals surface area contributed by atoms with Gasteiger partial charge in [0.15, 0.2) is 0 Å². The fourth-order valence-corrected chi connectivity index (χ4v) is 1.74. The molecule has 15 heavy (non-hydrogen) atoms. The van der Waals surface area contributed by atoms with Crippen LogP contribution in [0.25, 0.3) is 0 Å². The maximum absolute atomic E-state index is 8.32. The van der Waals surface area contributed by atoms with Crippen molar-refractivity contribution in [2.75, 3.05) is 52.5 Å². The van der Waals surface area contributed by atoms with E-state index in [2.05, 4.69) is 22.8 Å². The lowest BCUT2D eigenvalue weighted by Gasteiger charge is -2.33. The van der Waals surface area contributed by atoms with E-state index < -0.39 is 0 Å². The van der Waals surface area contributed by atoms with Gasteiger partial charge in [-0.25, -0.2) is 0 Å². The van der Waals surface area contributed by atoms with Crippen molar-refractivity contribution in [1.82, 2.24) is 9.80 Å². The molecule has 0 aromatic heterocycles. The predicted octanol–water partition coefficient (Wildman–Crippen LogP) is 0.554. The molecule has 0 bridgehead atoms. The van der Waals surface area contributed by atoms with Crippen molar-refractivity contribution in [3.8, 4) is 6.07 Å². The van der Waals surface area contributed by atoms with Crippen molar-refractivity contribution in [1.29, 1.82) is 5.26 Å². The Balaban J connectivity index is 1.97. The highest BCUT2D eigenvalue weighted by Gasteiger charge is 2.14. The Kier molecular flexibility index (Phi) is 6.33. The summed E-state index contributed by atoms with van der Waals surface area (Å²) in [7, 11) is 0. The molecule has 1 heterocycles. The van der Waals surface area contributed by atoms with Gasteiger partial charge in [-0.05, 0) is 6.54 Å². The lowest BCUT2D eigenvalue weighted by atomic mass is 10.3. The van der Waals surface area contributed by atoms with Crippen LogP contribution in [0.3, 0.4) is 0 Å². The van der Waals surface area contributed by atoms with Gasteiger partial charge in [0.2, 0.25) is 0 Å². The Morgan fingerprint density at radius 2 is 1.80 bits per heavy atom. The second-order valence-electron chi connectivity index (χ2n) is 3.80. The van der Waals surface area contributed by atoms with Crippen molar-refractivity contribution in [2.45, 2.75) is 13.3 Å². The average molecular weight is 211 g/mol. The van der Waals surface area contributed by atoms with Gasteiger partial charge in [-0.1, -0.05) is 6.92 Å². The SMILES string of the molecule is CCN1CCN(CCOCCC#N)CC1. The number of hydrogen-bond donors (Lipinski definition) is 0. The van der Waals surface area contributed by atoms with Gasteiger partial charge in [0.05, 0.1) is 25.7 Å². The van der Waals surface area contributed by atoms with E-state index in [-0.39, 0.29) is 0 Å². The summed E-state index contributed by atoms with van der Waals surface area (Å²) in [5.74, 6) is 0. The Morgan fingerprint density at radius 3 is 2.40 bits per heavy atom. The molecule has 4 nitrogen and oxygen atoms in total. The summed E-state index contributed by atoms with van der Waals surface area (Å²) < 4.78 is 5.35. The largest absolute Gasteiger partial charge is 0.379 e. The maximum Gasteiger partial charge on any atom is 0.0645 e. The Bertz CT molecular complexity index is 194. The first-order chi connectivity index (χ1) is 7.36. The molecule has 0 N–H and O–H groups in total. The molecular formula is C11H21N3O. The van der Waals surface area contributed by atoms with Crippen LogP contribution in [-0.4, -0.2) is 62.3 Å². The molecule has 0 aliphatic carbocycles. The molecule has 86 valence electrons. The predicted molar refractivity (Wildman–Crippen MR) is 59.6 cm³/mol. The number of likely N-dealkylation sites (N-methyl/N-ethyl adjacent to an activating group) is 1. The molecule has 0 saturated carbocycles. The number of ether oxygens (including phenoxy) is 1. The van der Waals surface area contributed by atoms with E-state index in [4.69, 9.17) is 10.00 Å². The summed E-state index contributed by atoms with van der Waals surface area (Å²) in [5, 5.41) is 8.32. The zero-order chi connectivity index (χ0) is 10.9. The molecule has 0 atom stereocenters. The minimum atomic E-state index is 0.504. The fourth-order valence-electron chi connectivity index (χ4n) is 1.74. The highest BCUT2D eigenvalue weighted by molar-refractivity contribution is 4.71. The third kappa shape index (κ3) is 5.12. The van der Waals surface area contributed by atoms with Gasteiger partial charge in [0, 0.05) is 32.7 Å². The van der Waals surface area contributed by atoms with Crippen molar-refractivity contribution < 1.29 is 4.74 Å². The molecule has 1 rings (SSSR count). The van der Waals surface area contributed by atoms with Gasteiger partial charge < -0.3 is 9.64 Å². The topological polar surface area (TPSA) is 39.5 Å². The molecule has 0 unspecified atom stereocenters. The molecule has 0 aromatic carbocycles. The van der Waals surface area contributed by atoms with Crippen molar-refractivity contribution in [3.63, 3.8) is 0 Å². The number of hydrogen-bond acceptors (Lipinski definition) is 4. The number of piperazine rings is 1. The van der Waals surface area contributed by atoms with Crippen LogP contribution in [0.1, 0.15) is 13.3 Å². The second kappa shape index (κ2) is 7.63. The monoisotopic (exact) mass is 211 g/mol. The van der Waals surface area contributed by atoms with Crippen molar-refractivity contribution in [3.05, 3.63) is 0 Å². The van der Waals surface area contributed by atoms with Gasteiger partial charge in [-0.2, -0.15) is 5.26 Å². The average Bonchev–Trinajstić information content (AvgIpc) is 2.30. The third-order valence-electron chi connectivity index (χ3n) is 2.82. The van der Waals surface area contributed by atoms with Crippen LogP contribution in [0.2, 0.25) is 0 Å². The van der Waals surface area contributed by atoms with E-state index in [0.29, 0.717) is 13.0 Å². The number of nitrogens with zero attached hydrogens (tertiary/aromatic N) is 3. The van der Waals surface area contributed by atoms with E-state index in [0.717, 1.165) is 32.8 Å². The second-order valence-corrected chi connectivity index (χ2v) is 3.80. The fraction of sp³-hybridized carbons (Fsp3) is 0.909. The normalized spacial score (nSPS) is 18.9. The van der Waals surface area contributed by atoms with E-state index in [9.17, 15) is 0 Å². The molecular weight excluding hydrogens is 190 g/mol. The van der Waals surface area contributed by atoms with E-state index >= 15 is 0 Å². The highest BCUT2D eigenvalue weighted by atomic mass is 16.5. The van der Waals surface area contributed by atoms with Crippen LogP contribution in [0, 0.1) is 11.3 Å². The lowest BCUT2D eigenvalue weighted by molar-refractivity contribution is 0.0794. The van der Waals surface area contributed by atoms with Gasteiger partial charge in [0.1, 0.15) is 0 Å². The summed E-state index contributed by atoms with van der Waals surface area (Å²) in [4.78, 5) is 4.89. The first-order valence-electron chi connectivity index (χ1n) is 5.76. The summed E-state index contributed by atoms with van der Waals surface area (Å²) in [6, 6.07) is 2.07. The smallest absolute Gasteiger partial charge is 0.0645 e. The molecule has 1 aliphatic rings. The molecule has 0 aromatic rings. The molecule has 0 radical (unpaired) electrons.